The first-order chi connectivity index (χ1) is 9.91. The van der Waals surface area contributed by atoms with Crippen LogP contribution in [0, 0.1) is 5.92 Å². The third-order valence-corrected chi connectivity index (χ3v) is 4.46. The molecule has 112 valence electrons. The zero-order valence-corrected chi connectivity index (χ0v) is 12.7. The molecule has 1 atom stereocenters. The highest BCUT2D eigenvalue weighted by molar-refractivity contribution is 6.09. The minimum absolute atomic E-state index is 0.00204. The Bertz CT molecular complexity index is 578. The van der Waals surface area contributed by atoms with Crippen molar-refractivity contribution in [3.63, 3.8) is 0 Å². The van der Waals surface area contributed by atoms with Crippen LogP contribution in [-0.2, 0) is 9.59 Å². The first kappa shape index (κ1) is 13.9. The summed E-state index contributed by atoms with van der Waals surface area (Å²) in [5.74, 6) is 0.195. The highest BCUT2D eigenvalue weighted by atomic mass is 16.2. The van der Waals surface area contributed by atoms with E-state index in [0.29, 0.717) is 0 Å². The maximum Gasteiger partial charge on any atom is 0.253 e. The van der Waals surface area contributed by atoms with Crippen LogP contribution < -0.4 is 15.1 Å². The number of benzene rings is 1. The Morgan fingerprint density at radius 2 is 1.81 bits per heavy atom. The summed E-state index contributed by atoms with van der Waals surface area (Å²) >= 11 is 0. The normalized spacial score (nSPS) is 25.8. The Morgan fingerprint density at radius 1 is 1.19 bits per heavy atom. The molecule has 1 saturated heterocycles. The molecule has 5 nitrogen and oxygen atoms in total. The molecule has 1 aliphatic heterocycles. The van der Waals surface area contributed by atoms with Crippen molar-refractivity contribution in [3.8, 4) is 0 Å². The molecule has 21 heavy (non-hydrogen) atoms. The quantitative estimate of drug-likeness (QED) is 0.914. The van der Waals surface area contributed by atoms with Crippen LogP contribution in [0.15, 0.2) is 24.3 Å². The van der Waals surface area contributed by atoms with Gasteiger partial charge in [0.2, 0.25) is 5.91 Å². The number of hydrogen-bond donors (Lipinski definition) is 1. The maximum absolute atomic E-state index is 12.8. The Hall–Kier alpha value is -2.04. The van der Waals surface area contributed by atoms with Crippen LogP contribution in [0.2, 0.25) is 0 Å². The lowest BCUT2D eigenvalue weighted by Gasteiger charge is -2.40. The number of nitrogens with zero attached hydrogens (tertiary/aromatic N) is 2. The standard InChI is InChI=1S/C16H21N3O2/c1-16(11-4-5-11)15(21)19(10-14(20)17-16)13-8-6-12(7-9-13)18(2)3/h6-9,11H,4-5,10H2,1-3H3,(H,17,20). The molecule has 1 aromatic carbocycles. The first-order valence-corrected chi connectivity index (χ1v) is 7.32. The lowest BCUT2D eigenvalue weighted by atomic mass is 9.91. The molecule has 0 bridgehead atoms. The van der Waals surface area contributed by atoms with Gasteiger partial charge in [0, 0.05) is 25.5 Å². The molecule has 0 spiro atoms. The molecule has 1 N–H and O–H groups in total. The molecule has 5 heteroatoms. The van der Waals surface area contributed by atoms with Crippen LogP contribution >= 0.6 is 0 Å². The van der Waals surface area contributed by atoms with Crippen molar-refractivity contribution in [1.82, 2.24) is 5.32 Å². The molecule has 1 saturated carbocycles. The Labute approximate surface area is 124 Å². The monoisotopic (exact) mass is 287 g/mol. The summed E-state index contributed by atoms with van der Waals surface area (Å²) in [6, 6.07) is 7.73. The maximum atomic E-state index is 12.8. The molecule has 1 unspecified atom stereocenters. The van der Waals surface area contributed by atoms with Gasteiger partial charge in [-0.25, -0.2) is 0 Å². The highest BCUT2D eigenvalue weighted by Gasteiger charge is 2.52. The van der Waals surface area contributed by atoms with E-state index >= 15 is 0 Å². The predicted molar refractivity (Wildman–Crippen MR) is 82.4 cm³/mol. The molecule has 3 rings (SSSR count). The van der Waals surface area contributed by atoms with E-state index in [1.54, 1.807) is 4.90 Å². The number of piperazine rings is 1. The lowest BCUT2D eigenvalue weighted by Crippen LogP contribution is -2.66. The molecule has 2 aliphatic rings. The second kappa shape index (κ2) is 4.76. The van der Waals surface area contributed by atoms with Crippen LogP contribution in [0.25, 0.3) is 0 Å². The van der Waals surface area contributed by atoms with E-state index in [1.807, 2.05) is 50.2 Å². The molecule has 1 aromatic rings. The number of nitrogens with one attached hydrogen (secondary N) is 1. The predicted octanol–water partition coefficient (Wildman–Crippen LogP) is 1.38. The summed E-state index contributed by atoms with van der Waals surface area (Å²) < 4.78 is 0. The van der Waals surface area contributed by atoms with E-state index in [9.17, 15) is 9.59 Å². The topological polar surface area (TPSA) is 52.6 Å². The average Bonchev–Trinajstić information content (AvgIpc) is 3.28. The molecular formula is C16H21N3O2. The second-order valence-corrected chi connectivity index (χ2v) is 6.33. The van der Waals surface area contributed by atoms with Crippen molar-refractivity contribution in [2.24, 2.45) is 5.92 Å². The highest BCUT2D eigenvalue weighted by Crippen LogP contribution is 2.42. The zero-order valence-electron chi connectivity index (χ0n) is 12.7. The van der Waals surface area contributed by atoms with Gasteiger partial charge in [-0.1, -0.05) is 0 Å². The van der Waals surface area contributed by atoms with E-state index in [4.69, 9.17) is 0 Å². The summed E-state index contributed by atoms with van der Waals surface area (Å²) in [5, 5.41) is 2.90. The summed E-state index contributed by atoms with van der Waals surface area (Å²) in [5.41, 5.74) is 1.11. The van der Waals surface area contributed by atoms with Crippen molar-refractivity contribution in [3.05, 3.63) is 24.3 Å². The van der Waals surface area contributed by atoms with Crippen molar-refractivity contribution in [2.45, 2.75) is 25.3 Å². The van der Waals surface area contributed by atoms with Gasteiger partial charge < -0.3 is 15.1 Å². The summed E-state index contributed by atoms with van der Waals surface area (Å²) in [6.45, 7) is 1.95. The number of rotatable bonds is 3. The Balaban J connectivity index is 1.89. The Kier molecular flexibility index (Phi) is 3.15. The van der Waals surface area contributed by atoms with Crippen LogP contribution in [-0.4, -0.2) is 38.0 Å². The molecule has 1 aliphatic carbocycles. The number of anilines is 2. The third-order valence-electron chi connectivity index (χ3n) is 4.46. The minimum atomic E-state index is -0.741. The van der Waals surface area contributed by atoms with Crippen molar-refractivity contribution >= 4 is 23.2 Å². The van der Waals surface area contributed by atoms with Crippen LogP contribution in [0.5, 0.6) is 0 Å². The lowest BCUT2D eigenvalue weighted by molar-refractivity contribution is -0.136. The molecule has 0 aromatic heterocycles. The molecular weight excluding hydrogens is 266 g/mol. The van der Waals surface area contributed by atoms with E-state index in [0.717, 1.165) is 24.2 Å². The van der Waals surface area contributed by atoms with Crippen LogP contribution in [0.4, 0.5) is 11.4 Å². The average molecular weight is 287 g/mol. The second-order valence-electron chi connectivity index (χ2n) is 6.33. The molecule has 2 amide bonds. The number of carbonyl (C=O) groups is 2. The van der Waals surface area contributed by atoms with Crippen molar-refractivity contribution < 1.29 is 9.59 Å². The summed E-state index contributed by atoms with van der Waals surface area (Å²) in [7, 11) is 3.94. The van der Waals surface area contributed by atoms with Gasteiger partial charge in [-0.3, -0.25) is 9.59 Å². The number of hydrogen-bond acceptors (Lipinski definition) is 3. The van der Waals surface area contributed by atoms with Gasteiger partial charge in [-0.2, -0.15) is 0 Å². The Morgan fingerprint density at radius 3 is 2.33 bits per heavy atom. The van der Waals surface area contributed by atoms with Crippen molar-refractivity contribution in [2.75, 3.05) is 30.4 Å². The van der Waals surface area contributed by atoms with Gasteiger partial charge >= 0.3 is 0 Å². The largest absolute Gasteiger partial charge is 0.378 e. The van der Waals surface area contributed by atoms with Gasteiger partial charge in [0.1, 0.15) is 12.1 Å². The van der Waals surface area contributed by atoms with Gasteiger partial charge in [0.05, 0.1) is 0 Å². The fraction of sp³-hybridized carbons (Fsp3) is 0.500. The molecule has 0 radical (unpaired) electrons. The zero-order chi connectivity index (χ0) is 15.2. The van der Waals surface area contributed by atoms with E-state index in [1.165, 1.54) is 0 Å². The fourth-order valence-corrected chi connectivity index (χ4v) is 2.96. The van der Waals surface area contributed by atoms with E-state index < -0.39 is 5.54 Å². The SMILES string of the molecule is CN(C)c1ccc(N2CC(=O)NC(C)(C3CC3)C2=O)cc1. The van der Waals surface area contributed by atoms with Crippen LogP contribution in [0.1, 0.15) is 19.8 Å². The number of amides is 2. The van der Waals surface area contributed by atoms with Crippen LogP contribution in [0.3, 0.4) is 0 Å². The van der Waals surface area contributed by atoms with Gasteiger partial charge in [0.15, 0.2) is 0 Å². The smallest absolute Gasteiger partial charge is 0.253 e. The summed E-state index contributed by atoms with van der Waals surface area (Å²) in [6.07, 6.45) is 2.02. The van der Waals surface area contributed by atoms with E-state index in [2.05, 4.69) is 5.32 Å². The third kappa shape index (κ3) is 2.37. The molecule has 1 heterocycles. The van der Waals surface area contributed by atoms with Gasteiger partial charge in [0.25, 0.3) is 5.91 Å². The summed E-state index contributed by atoms with van der Waals surface area (Å²) in [4.78, 5) is 28.4. The fourth-order valence-electron chi connectivity index (χ4n) is 2.96. The van der Waals surface area contributed by atoms with Crippen molar-refractivity contribution in [1.29, 1.82) is 0 Å². The number of carbonyl (C=O) groups excluding carboxylic acids is 2. The molecule has 2 fully saturated rings. The van der Waals surface area contributed by atoms with Gasteiger partial charge in [-0.15, -0.1) is 0 Å². The van der Waals surface area contributed by atoms with E-state index in [-0.39, 0.29) is 24.3 Å². The minimum Gasteiger partial charge on any atom is -0.378 e. The van der Waals surface area contributed by atoms with Gasteiger partial charge in [-0.05, 0) is 49.9 Å². The first-order valence-electron chi connectivity index (χ1n) is 7.32.